The molecule has 0 bridgehead atoms. The molecule has 0 radical (unpaired) electrons. The topological polar surface area (TPSA) is 70.2 Å². The molecule has 6 heteroatoms. The van der Waals surface area contributed by atoms with Gasteiger partial charge in [-0.1, -0.05) is 28.9 Å². The summed E-state index contributed by atoms with van der Waals surface area (Å²) in [5.41, 5.74) is 0.742. The first-order valence-electron chi connectivity index (χ1n) is 6.64. The highest BCUT2D eigenvalue weighted by atomic mass is 79.9. The van der Waals surface area contributed by atoms with Crippen molar-refractivity contribution >= 4 is 33.4 Å². The Kier molecular flexibility index (Phi) is 7.91. The molecule has 0 saturated heterocycles. The lowest BCUT2D eigenvalue weighted by molar-refractivity contribution is -0.121. The summed E-state index contributed by atoms with van der Waals surface area (Å²) >= 11 is 3.34. The van der Waals surface area contributed by atoms with E-state index in [1.165, 1.54) is 0 Å². The zero-order valence-electron chi connectivity index (χ0n) is 11.5. The minimum atomic E-state index is -0.128. The summed E-state index contributed by atoms with van der Waals surface area (Å²) in [5, 5.41) is 8.50. The molecule has 0 atom stereocenters. The first kappa shape index (κ1) is 16.7. The first-order valence-corrected chi connectivity index (χ1v) is 7.44. The largest absolute Gasteiger partial charge is 0.356 e. The van der Waals surface area contributed by atoms with E-state index in [4.69, 9.17) is 0 Å². The maximum Gasteiger partial charge on any atom is 0.238 e. The fraction of sp³-hybridized carbons (Fsp3) is 0.429. The van der Waals surface area contributed by atoms with Gasteiger partial charge in [0.25, 0.3) is 0 Å². The van der Waals surface area contributed by atoms with Crippen LogP contribution in [0.3, 0.4) is 0 Å². The van der Waals surface area contributed by atoms with Crippen LogP contribution < -0.4 is 16.0 Å². The summed E-state index contributed by atoms with van der Waals surface area (Å²) in [4.78, 5) is 23.0. The van der Waals surface area contributed by atoms with Crippen molar-refractivity contribution in [3.8, 4) is 0 Å². The van der Waals surface area contributed by atoms with Gasteiger partial charge in [0.1, 0.15) is 0 Å². The number of halogens is 1. The van der Waals surface area contributed by atoms with E-state index < -0.39 is 0 Å². The lowest BCUT2D eigenvalue weighted by Crippen LogP contribution is -2.32. The van der Waals surface area contributed by atoms with Crippen LogP contribution >= 0.6 is 15.9 Å². The SMILES string of the molecule is CCCNC(=O)CCNCC(=O)Nc1cccc(Br)c1. The number of nitrogens with one attached hydrogen (secondary N) is 3. The van der Waals surface area contributed by atoms with Crippen molar-refractivity contribution in [2.75, 3.05) is 25.0 Å². The zero-order chi connectivity index (χ0) is 14.8. The van der Waals surface area contributed by atoms with E-state index in [2.05, 4.69) is 31.9 Å². The van der Waals surface area contributed by atoms with Gasteiger partial charge in [0.2, 0.25) is 11.8 Å². The molecule has 0 heterocycles. The predicted octanol–water partition coefficient (Wildman–Crippen LogP) is 1.89. The van der Waals surface area contributed by atoms with Crippen molar-refractivity contribution in [3.63, 3.8) is 0 Å². The van der Waals surface area contributed by atoms with E-state index in [9.17, 15) is 9.59 Å². The lowest BCUT2D eigenvalue weighted by atomic mass is 10.3. The van der Waals surface area contributed by atoms with E-state index in [1.54, 1.807) is 0 Å². The molecule has 3 N–H and O–H groups in total. The summed E-state index contributed by atoms with van der Waals surface area (Å²) < 4.78 is 0.913. The first-order chi connectivity index (χ1) is 9.61. The molecule has 0 aliphatic carbocycles. The monoisotopic (exact) mass is 341 g/mol. The van der Waals surface area contributed by atoms with E-state index in [1.807, 2.05) is 31.2 Å². The Balaban J connectivity index is 2.16. The molecule has 0 aliphatic heterocycles. The third-order valence-electron chi connectivity index (χ3n) is 2.49. The van der Waals surface area contributed by atoms with Crippen LogP contribution in [0.2, 0.25) is 0 Å². The van der Waals surface area contributed by atoms with Gasteiger partial charge in [-0.2, -0.15) is 0 Å². The van der Waals surface area contributed by atoms with Crippen LogP contribution in [0.15, 0.2) is 28.7 Å². The predicted molar refractivity (Wildman–Crippen MR) is 83.6 cm³/mol. The Morgan fingerprint density at radius 3 is 2.70 bits per heavy atom. The van der Waals surface area contributed by atoms with Crippen LogP contribution in [0.5, 0.6) is 0 Å². The van der Waals surface area contributed by atoms with E-state index in [0.29, 0.717) is 19.5 Å². The average Bonchev–Trinajstić information content (AvgIpc) is 2.41. The smallest absolute Gasteiger partial charge is 0.238 e. The third-order valence-corrected chi connectivity index (χ3v) is 2.99. The quantitative estimate of drug-likeness (QED) is 0.632. The standard InChI is InChI=1S/C14H20BrN3O2/c1-2-7-17-13(19)6-8-16-10-14(20)18-12-5-3-4-11(15)9-12/h3-5,9,16H,2,6-8,10H2,1H3,(H,17,19)(H,18,20). The highest BCUT2D eigenvalue weighted by molar-refractivity contribution is 9.10. The second-order valence-corrected chi connectivity index (χ2v) is 5.25. The van der Waals surface area contributed by atoms with Gasteiger partial charge < -0.3 is 16.0 Å². The van der Waals surface area contributed by atoms with Crippen molar-refractivity contribution in [2.45, 2.75) is 19.8 Å². The molecule has 1 aromatic rings. The van der Waals surface area contributed by atoms with Crippen LogP contribution in [0.4, 0.5) is 5.69 Å². The number of anilines is 1. The fourth-order valence-corrected chi connectivity index (χ4v) is 1.93. The summed E-state index contributed by atoms with van der Waals surface area (Å²) in [6, 6.07) is 7.39. The molecule has 0 saturated carbocycles. The van der Waals surface area contributed by atoms with Gasteiger partial charge in [-0.3, -0.25) is 9.59 Å². The highest BCUT2D eigenvalue weighted by Gasteiger charge is 2.03. The fourth-order valence-electron chi connectivity index (χ4n) is 1.53. The Bertz CT molecular complexity index is 452. The normalized spacial score (nSPS) is 10.1. The van der Waals surface area contributed by atoms with Gasteiger partial charge in [0, 0.05) is 29.7 Å². The molecule has 0 spiro atoms. The van der Waals surface area contributed by atoms with Crippen molar-refractivity contribution in [3.05, 3.63) is 28.7 Å². The Morgan fingerprint density at radius 1 is 1.20 bits per heavy atom. The minimum absolute atomic E-state index is 0.00625. The van der Waals surface area contributed by atoms with Crippen LogP contribution in [-0.2, 0) is 9.59 Å². The molecule has 0 aromatic heterocycles. The third kappa shape index (κ3) is 7.25. The molecule has 0 fully saturated rings. The summed E-state index contributed by atoms with van der Waals surface area (Å²) in [6.07, 6.45) is 1.30. The number of benzene rings is 1. The molecular weight excluding hydrogens is 322 g/mol. The summed E-state index contributed by atoms with van der Waals surface area (Å²) in [5.74, 6) is -0.121. The summed E-state index contributed by atoms with van der Waals surface area (Å²) in [6.45, 7) is 3.38. The molecular formula is C14H20BrN3O2. The minimum Gasteiger partial charge on any atom is -0.356 e. The summed E-state index contributed by atoms with van der Waals surface area (Å²) in [7, 11) is 0. The number of hydrogen-bond donors (Lipinski definition) is 3. The van der Waals surface area contributed by atoms with Crippen molar-refractivity contribution in [1.29, 1.82) is 0 Å². The van der Waals surface area contributed by atoms with Crippen molar-refractivity contribution in [2.24, 2.45) is 0 Å². The van der Waals surface area contributed by atoms with Gasteiger partial charge in [0.05, 0.1) is 6.54 Å². The van der Waals surface area contributed by atoms with E-state index in [-0.39, 0.29) is 18.4 Å². The van der Waals surface area contributed by atoms with E-state index in [0.717, 1.165) is 16.6 Å². The maximum absolute atomic E-state index is 11.7. The Labute approximate surface area is 127 Å². The molecule has 20 heavy (non-hydrogen) atoms. The number of carbonyl (C=O) groups excluding carboxylic acids is 2. The van der Waals surface area contributed by atoms with Crippen LogP contribution in [-0.4, -0.2) is 31.4 Å². The maximum atomic E-state index is 11.7. The van der Waals surface area contributed by atoms with Crippen molar-refractivity contribution < 1.29 is 9.59 Å². The van der Waals surface area contributed by atoms with Gasteiger partial charge in [0.15, 0.2) is 0 Å². The molecule has 0 unspecified atom stereocenters. The molecule has 1 rings (SSSR count). The van der Waals surface area contributed by atoms with Crippen LogP contribution in [0.25, 0.3) is 0 Å². The van der Waals surface area contributed by atoms with Gasteiger partial charge in [-0.15, -0.1) is 0 Å². The molecule has 110 valence electrons. The molecule has 1 aromatic carbocycles. The van der Waals surface area contributed by atoms with Gasteiger partial charge >= 0.3 is 0 Å². The van der Waals surface area contributed by atoms with Crippen LogP contribution in [0.1, 0.15) is 19.8 Å². The molecule has 0 aliphatic rings. The number of amides is 2. The zero-order valence-corrected chi connectivity index (χ0v) is 13.1. The highest BCUT2D eigenvalue weighted by Crippen LogP contribution is 2.15. The number of carbonyl (C=O) groups is 2. The molecule has 2 amide bonds. The number of hydrogen-bond acceptors (Lipinski definition) is 3. The average molecular weight is 342 g/mol. The van der Waals surface area contributed by atoms with Crippen LogP contribution in [0, 0.1) is 0 Å². The molecule has 5 nitrogen and oxygen atoms in total. The second kappa shape index (κ2) is 9.50. The Morgan fingerprint density at radius 2 is 2.00 bits per heavy atom. The second-order valence-electron chi connectivity index (χ2n) is 4.34. The lowest BCUT2D eigenvalue weighted by Gasteiger charge is -2.07. The van der Waals surface area contributed by atoms with Gasteiger partial charge in [-0.25, -0.2) is 0 Å². The Hall–Kier alpha value is -1.40. The van der Waals surface area contributed by atoms with Crippen molar-refractivity contribution in [1.82, 2.24) is 10.6 Å². The number of rotatable bonds is 8. The van der Waals surface area contributed by atoms with E-state index >= 15 is 0 Å². The van der Waals surface area contributed by atoms with Gasteiger partial charge in [-0.05, 0) is 24.6 Å².